The van der Waals surface area contributed by atoms with E-state index in [1.54, 1.807) is 26.2 Å². The van der Waals surface area contributed by atoms with Gasteiger partial charge in [0.1, 0.15) is 19.3 Å². The van der Waals surface area contributed by atoms with E-state index in [1.807, 2.05) is 0 Å². The lowest BCUT2D eigenvalue weighted by molar-refractivity contribution is -0.00774. The van der Waals surface area contributed by atoms with Crippen LogP contribution in [-0.4, -0.2) is 55.8 Å². The molecular formula is C15H22N2O8P+. The smallest absolute Gasteiger partial charge is 0.382 e. The third-order valence-electron chi connectivity index (χ3n) is 3.43. The van der Waals surface area contributed by atoms with Crippen molar-refractivity contribution in [2.75, 3.05) is 40.1 Å². The Morgan fingerprint density at radius 2 is 1.96 bits per heavy atom. The van der Waals surface area contributed by atoms with Gasteiger partial charge in [-0.25, -0.2) is 4.79 Å². The van der Waals surface area contributed by atoms with Gasteiger partial charge in [0, 0.05) is 23.4 Å². The fraction of sp³-hybridized carbons (Fsp3) is 0.600. The summed E-state index contributed by atoms with van der Waals surface area (Å²) in [6, 6.07) is 0. The summed E-state index contributed by atoms with van der Waals surface area (Å²) in [5.41, 5.74) is -0.612. The van der Waals surface area contributed by atoms with Gasteiger partial charge < -0.3 is 14.2 Å². The van der Waals surface area contributed by atoms with Gasteiger partial charge in [-0.15, -0.1) is 9.05 Å². The molecule has 10 nitrogen and oxygen atoms in total. The molecule has 3 atom stereocenters. The summed E-state index contributed by atoms with van der Waals surface area (Å²) in [6.07, 6.45) is 3.62. The Bertz CT molecular complexity index is 744. The summed E-state index contributed by atoms with van der Waals surface area (Å²) in [5, 5.41) is 0. The SMILES string of the molecule is COCCOCCO[P+](=O)OC[C@@H]1C=C[C@H](n2cc(C)c(=O)[nH]c2=O)O1. The second-order valence-electron chi connectivity index (χ2n) is 5.39. The second-order valence-corrected chi connectivity index (χ2v) is 6.35. The maximum atomic E-state index is 11.8. The van der Waals surface area contributed by atoms with Crippen LogP contribution in [0.2, 0.25) is 0 Å². The van der Waals surface area contributed by atoms with Crippen LogP contribution in [0.3, 0.4) is 0 Å². The predicted molar refractivity (Wildman–Crippen MR) is 91.3 cm³/mol. The van der Waals surface area contributed by atoms with E-state index in [4.69, 9.17) is 23.3 Å². The Morgan fingerprint density at radius 1 is 1.19 bits per heavy atom. The topological polar surface area (TPSA) is 118 Å². The molecule has 0 saturated heterocycles. The fourth-order valence-corrected chi connectivity index (χ4v) is 2.67. The molecule has 2 rings (SSSR count). The van der Waals surface area contributed by atoms with E-state index in [0.29, 0.717) is 18.8 Å². The molecule has 0 aromatic carbocycles. The Balaban J connectivity index is 1.71. The number of H-pyrrole nitrogens is 1. The minimum atomic E-state index is -2.30. The van der Waals surface area contributed by atoms with Gasteiger partial charge in [0.2, 0.25) is 0 Å². The molecule has 1 aliphatic rings. The Hall–Kier alpha value is -1.68. The Morgan fingerprint density at radius 3 is 2.73 bits per heavy atom. The molecule has 1 N–H and O–H groups in total. The maximum absolute atomic E-state index is 11.8. The average molecular weight is 389 g/mol. The third kappa shape index (κ3) is 6.24. The summed E-state index contributed by atoms with van der Waals surface area (Å²) < 4.78 is 38.6. The van der Waals surface area contributed by atoms with E-state index >= 15 is 0 Å². The first-order valence-electron chi connectivity index (χ1n) is 7.97. The number of aromatic amines is 1. The molecule has 0 aliphatic carbocycles. The van der Waals surface area contributed by atoms with E-state index in [-0.39, 0.29) is 19.8 Å². The molecule has 0 bridgehead atoms. The number of aryl methyl sites for hydroxylation is 1. The number of ether oxygens (including phenoxy) is 3. The highest BCUT2D eigenvalue weighted by atomic mass is 31.1. The lowest BCUT2D eigenvalue weighted by Gasteiger charge is -2.14. The van der Waals surface area contributed by atoms with Gasteiger partial charge >= 0.3 is 13.9 Å². The van der Waals surface area contributed by atoms with Crippen LogP contribution in [0.5, 0.6) is 0 Å². The Labute approximate surface area is 150 Å². The van der Waals surface area contributed by atoms with Crippen molar-refractivity contribution in [1.29, 1.82) is 0 Å². The molecule has 144 valence electrons. The molecule has 1 aromatic rings. The van der Waals surface area contributed by atoms with Crippen LogP contribution in [-0.2, 0) is 27.8 Å². The van der Waals surface area contributed by atoms with Gasteiger partial charge in [0.25, 0.3) is 5.56 Å². The zero-order valence-electron chi connectivity index (χ0n) is 14.6. The highest BCUT2D eigenvalue weighted by Gasteiger charge is 2.27. The maximum Gasteiger partial charge on any atom is 0.697 e. The molecule has 1 unspecified atom stereocenters. The first-order chi connectivity index (χ1) is 12.5. The normalized spacial score (nSPS) is 19.8. The van der Waals surface area contributed by atoms with E-state index in [2.05, 4.69) is 4.98 Å². The number of hydrogen-bond donors (Lipinski definition) is 1. The molecule has 0 fully saturated rings. The van der Waals surface area contributed by atoms with Gasteiger partial charge in [0.05, 0.1) is 19.8 Å². The van der Waals surface area contributed by atoms with Gasteiger partial charge in [-0.3, -0.25) is 14.3 Å². The highest BCUT2D eigenvalue weighted by Crippen LogP contribution is 2.27. The van der Waals surface area contributed by atoms with E-state index in [0.717, 1.165) is 0 Å². The molecule has 1 aromatic heterocycles. The summed E-state index contributed by atoms with van der Waals surface area (Å²) in [6.45, 7) is 2.92. The molecule has 0 amide bonds. The standard InChI is InChI=1S/C15H21N2O8P/c1-11-9-17(15(19)16-14(11)18)13-4-3-12(25-13)10-24-26(20)23-8-7-22-6-5-21-2/h3-4,9,12-13H,5-8,10H2,1-2H3/p+1/t12-,13+/m0/s1. The number of aromatic nitrogens is 2. The van der Waals surface area contributed by atoms with Crippen molar-refractivity contribution >= 4 is 8.25 Å². The van der Waals surface area contributed by atoms with Crippen molar-refractivity contribution in [3.05, 3.63) is 44.8 Å². The lowest BCUT2D eigenvalue weighted by atomic mass is 10.3. The van der Waals surface area contributed by atoms with Crippen LogP contribution in [0.25, 0.3) is 0 Å². The summed E-state index contributed by atoms with van der Waals surface area (Å²) >= 11 is 0. The predicted octanol–water partition coefficient (Wildman–Crippen LogP) is 0.652. The zero-order chi connectivity index (χ0) is 18.9. The lowest BCUT2D eigenvalue weighted by Crippen LogP contribution is -2.33. The van der Waals surface area contributed by atoms with E-state index < -0.39 is 31.8 Å². The molecule has 2 heterocycles. The van der Waals surface area contributed by atoms with Crippen molar-refractivity contribution in [1.82, 2.24) is 9.55 Å². The van der Waals surface area contributed by atoms with Crippen molar-refractivity contribution in [2.45, 2.75) is 19.3 Å². The van der Waals surface area contributed by atoms with Crippen LogP contribution in [0.15, 0.2) is 27.9 Å². The van der Waals surface area contributed by atoms with Gasteiger partial charge in [-0.05, 0) is 13.0 Å². The highest BCUT2D eigenvalue weighted by molar-refractivity contribution is 7.33. The van der Waals surface area contributed by atoms with Crippen molar-refractivity contribution in [3.63, 3.8) is 0 Å². The largest absolute Gasteiger partial charge is 0.697 e. The summed E-state index contributed by atoms with van der Waals surface area (Å²) in [7, 11) is -0.724. The van der Waals surface area contributed by atoms with E-state index in [9.17, 15) is 14.2 Å². The second kappa shape index (κ2) is 10.5. The van der Waals surface area contributed by atoms with Crippen LogP contribution >= 0.6 is 8.25 Å². The van der Waals surface area contributed by atoms with Crippen LogP contribution in [0, 0.1) is 6.92 Å². The van der Waals surface area contributed by atoms with Gasteiger partial charge in [-0.2, -0.15) is 0 Å². The van der Waals surface area contributed by atoms with E-state index in [1.165, 1.54) is 10.8 Å². The summed E-state index contributed by atoms with van der Waals surface area (Å²) in [5.74, 6) is 0. The molecule has 1 aliphatic heterocycles. The zero-order valence-corrected chi connectivity index (χ0v) is 15.5. The van der Waals surface area contributed by atoms with Crippen LogP contribution in [0.4, 0.5) is 0 Å². The number of methoxy groups -OCH3 is 1. The minimum absolute atomic E-state index is 0.00379. The molecule has 26 heavy (non-hydrogen) atoms. The average Bonchev–Trinajstić information content (AvgIpc) is 3.08. The van der Waals surface area contributed by atoms with Crippen molar-refractivity contribution in [3.8, 4) is 0 Å². The Kier molecular flexibility index (Phi) is 8.30. The quantitative estimate of drug-likeness (QED) is 0.333. The molecular weight excluding hydrogens is 367 g/mol. The van der Waals surface area contributed by atoms with Crippen LogP contribution < -0.4 is 11.2 Å². The molecule has 0 radical (unpaired) electrons. The number of nitrogens with one attached hydrogen (secondary N) is 1. The number of rotatable bonds is 11. The van der Waals surface area contributed by atoms with Gasteiger partial charge in [-0.1, -0.05) is 6.08 Å². The monoisotopic (exact) mass is 389 g/mol. The molecule has 0 spiro atoms. The number of hydrogen-bond acceptors (Lipinski definition) is 8. The summed E-state index contributed by atoms with van der Waals surface area (Å²) in [4.78, 5) is 25.5. The van der Waals surface area contributed by atoms with Crippen molar-refractivity contribution < 1.29 is 27.8 Å². The van der Waals surface area contributed by atoms with Crippen molar-refractivity contribution in [2.24, 2.45) is 0 Å². The fourth-order valence-electron chi connectivity index (χ4n) is 2.10. The number of nitrogens with zero attached hydrogens (tertiary/aromatic N) is 1. The first-order valence-corrected chi connectivity index (χ1v) is 9.06. The molecule has 11 heteroatoms. The first kappa shape index (κ1) is 20.6. The van der Waals surface area contributed by atoms with Crippen LogP contribution in [0.1, 0.15) is 11.8 Å². The molecule has 0 saturated carbocycles. The third-order valence-corrected chi connectivity index (χ3v) is 4.18. The minimum Gasteiger partial charge on any atom is -0.382 e. The van der Waals surface area contributed by atoms with Gasteiger partial charge in [0.15, 0.2) is 6.23 Å².